The first kappa shape index (κ1) is 18.3. The van der Waals surface area contributed by atoms with E-state index in [1.165, 1.54) is 7.11 Å². The van der Waals surface area contributed by atoms with E-state index in [0.717, 1.165) is 0 Å². The van der Waals surface area contributed by atoms with Gasteiger partial charge in [-0.2, -0.15) is 9.78 Å². The summed E-state index contributed by atoms with van der Waals surface area (Å²) in [6, 6.07) is 0. The Morgan fingerprint density at radius 1 is 0.789 bits per heavy atom. The van der Waals surface area contributed by atoms with Crippen LogP contribution >= 0.6 is 0 Å². The van der Waals surface area contributed by atoms with Crippen LogP contribution in [0, 0.1) is 0 Å². The molecular weight excluding hydrogens is 248 g/mol. The average molecular weight is 274 g/mol. The van der Waals surface area contributed by atoms with Crippen molar-refractivity contribution in [2.24, 2.45) is 0 Å². The Morgan fingerprint density at radius 3 is 1.42 bits per heavy atom. The predicted octanol–water partition coefficient (Wildman–Crippen LogP) is 3.17. The lowest BCUT2D eigenvalue weighted by molar-refractivity contribution is -0.536. The van der Waals surface area contributed by atoms with Gasteiger partial charge in [-0.05, 0) is 34.6 Å². The van der Waals surface area contributed by atoms with Gasteiger partial charge in [0.1, 0.15) is 17.8 Å². The van der Waals surface area contributed by atoms with Crippen LogP contribution in [0.5, 0.6) is 0 Å². The van der Waals surface area contributed by atoms with Gasteiger partial charge < -0.3 is 4.74 Å². The van der Waals surface area contributed by atoms with Crippen LogP contribution in [0.1, 0.15) is 34.6 Å². The standard InChI is InChI=1S/C14H26O5/c1-9-12(3,4)16-18-14(7,11-15-8)19-17-13(5,6)10-2/h9-10H,1-2,11H2,3-8H3. The van der Waals surface area contributed by atoms with E-state index in [2.05, 4.69) is 13.2 Å². The first-order chi connectivity index (χ1) is 8.60. The summed E-state index contributed by atoms with van der Waals surface area (Å²) in [7, 11) is 1.53. The van der Waals surface area contributed by atoms with Crippen LogP contribution in [-0.4, -0.2) is 30.7 Å². The largest absolute Gasteiger partial charge is 0.379 e. The van der Waals surface area contributed by atoms with Crippen molar-refractivity contribution in [2.75, 3.05) is 13.7 Å². The molecule has 0 aromatic carbocycles. The Balaban J connectivity index is 4.58. The van der Waals surface area contributed by atoms with Crippen molar-refractivity contribution >= 4 is 0 Å². The van der Waals surface area contributed by atoms with E-state index < -0.39 is 17.0 Å². The lowest BCUT2D eigenvalue weighted by atomic mass is 10.1. The quantitative estimate of drug-likeness (QED) is 0.265. The summed E-state index contributed by atoms with van der Waals surface area (Å²) in [5.74, 6) is -1.20. The zero-order valence-corrected chi connectivity index (χ0v) is 12.8. The maximum Gasteiger partial charge on any atom is 0.254 e. The van der Waals surface area contributed by atoms with Crippen molar-refractivity contribution in [3.05, 3.63) is 25.3 Å². The van der Waals surface area contributed by atoms with E-state index in [9.17, 15) is 0 Å². The summed E-state index contributed by atoms with van der Waals surface area (Å²) in [5.41, 5.74) is -1.29. The first-order valence-electron chi connectivity index (χ1n) is 6.09. The first-order valence-corrected chi connectivity index (χ1v) is 6.09. The molecule has 0 aliphatic carbocycles. The summed E-state index contributed by atoms with van der Waals surface area (Å²) < 4.78 is 5.04. The molecule has 0 atom stereocenters. The van der Waals surface area contributed by atoms with Crippen molar-refractivity contribution in [3.8, 4) is 0 Å². The van der Waals surface area contributed by atoms with Crippen molar-refractivity contribution in [3.63, 3.8) is 0 Å². The lowest BCUT2D eigenvalue weighted by Crippen LogP contribution is -2.42. The maximum atomic E-state index is 5.29. The van der Waals surface area contributed by atoms with Gasteiger partial charge >= 0.3 is 0 Å². The van der Waals surface area contributed by atoms with Gasteiger partial charge in [0.15, 0.2) is 0 Å². The van der Waals surface area contributed by atoms with E-state index in [1.54, 1.807) is 19.1 Å². The van der Waals surface area contributed by atoms with E-state index in [1.807, 2.05) is 27.7 Å². The SMILES string of the molecule is C=CC(C)(C)OOC(C)(COC)OOC(C)(C)C=C. The smallest absolute Gasteiger partial charge is 0.254 e. The minimum absolute atomic E-state index is 0.132. The summed E-state index contributed by atoms with van der Waals surface area (Å²) in [4.78, 5) is 21.1. The van der Waals surface area contributed by atoms with Crippen molar-refractivity contribution < 1.29 is 24.3 Å². The number of hydrogen-bond acceptors (Lipinski definition) is 5. The molecule has 0 radical (unpaired) electrons. The van der Waals surface area contributed by atoms with Gasteiger partial charge in [-0.3, -0.25) is 0 Å². The number of rotatable bonds is 10. The number of hydrogen-bond donors (Lipinski definition) is 0. The molecule has 0 spiro atoms. The second kappa shape index (κ2) is 7.17. The lowest BCUT2D eigenvalue weighted by Gasteiger charge is -2.32. The molecule has 0 aliphatic rings. The van der Waals surface area contributed by atoms with Gasteiger partial charge in [0.2, 0.25) is 0 Å². The maximum absolute atomic E-state index is 5.29. The summed E-state index contributed by atoms with van der Waals surface area (Å²) in [6.45, 7) is 16.3. The van der Waals surface area contributed by atoms with E-state index >= 15 is 0 Å². The van der Waals surface area contributed by atoms with Crippen LogP contribution in [-0.2, 0) is 24.3 Å². The van der Waals surface area contributed by atoms with Crippen molar-refractivity contribution in [1.29, 1.82) is 0 Å². The third-order valence-electron chi connectivity index (χ3n) is 2.26. The molecule has 0 N–H and O–H groups in total. The number of ether oxygens (including phenoxy) is 1. The molecule has 19 heavy (non-hydrogen) atoms. The molecule has 0 saturated heterocycles. The fourth-order valence-electron chi connectivity index (χ4n) is 0.783. The zero-order chi connectivity index (χ0) is 15.2. The minimum atomic E-state index is -1.20. The van der Waals surface area contributed by atoms with Crippen LogP contribution in [0.15, 0.2) is 25.3 Å². The fraction of sp³-hybridized carbons (Fsp3) is 0.714. The van der Waals surface area contributed by atoms with Gasteiger partial charge in [0.05, 0.1) is 0 Å². The Labute approximate surface area is 116 Å². The van der Waals surface area contributed by atoms with Crippen LogP contribution in [0.3, 0.4) is 0 Å². The second-order valence-electron chi connectivity index (χ2n) is 5.52. The van der Waals surface area contributed by atoms with Crippen LogP contribution < -0.4 is 0 Å². The topological polar surface area (TPSA) is 46.2 Å². The molecular formula is C14H26O5. The van der Waals surface area contributed by atoms with E-state index in [4.69, 9.17) is 24.3 Å². The van der Waals surface area contributed by atoms with Crippen LogP contribution in [0.2, 0.25) is 0 Å². The van der Waals surface area contributed by atoms with Gasteiger partial charge in [0.25, 0.3) is 5.79 Å². The summed E-state index contributed by atoms with van der Waals surface area (Å²) >= 11 is 0. The molecule has 5 nitrogen and oxygen atoms in total. The second-order valence-corrected chi connectivity index (χ2v) is 5.52. The number of methoxy groups -OCH3 is 1. The Hall–Kier alpha value is -0.720. The average Bonchev–Trinajstić information content (AvgIpc) is 2.35. The molecule has 0 aromatic heterocycles. The normalized spacial score (nSPS) is 13.4. The van der Waals surface area contributed by atoms with Gasteiger partial charge in [-0.25, -0.2) is 9.78 Å². The van der Waals surface area contributed by atoms with E-state index in [0.29, 0.717) is 0 Å². The Morgan fingerprint density at radius 2 is 1.16 bits per heavy atom. The fourth-order valence-corrected chi connectivity index (χ4v) is 0.783. The monoisotopic (exact) mass is 274 g/mol. The molecule has 112 valence electrons. The third-order valence-corrected chi connectivity index (χ3v) is 2.26. The molecule has 0 bridgehead atoms. The van der Waals surface area contributed by atoms with E-state index in [-0.39, 0.29) is 6.61 Å². The molecule has 0 amide bonds. The zero-order valence-electron chi connectivity index (χ0n) is 12.8. The van der Waals surface area contributed by atoms with Crippen LogP contribution in [0.25, 0.3) is 0 Å². The van der Waals surface area contributed by atoms with Crippen molar-refractivity contribution in [1.82, 2.24) is 0 Å². The highest BCUT2D eigenvalue weighted by Crippen LogP contribution is 2.22. The Kier molecular flexibility index (Phi) is 6.89. The molecule has 0 aliphatic heterocycles. The molecule has 0 fully saturated rings. The summed E-state index contributed by atoms with van der Waals surface area (Å²) in [5, 5.41) is 0. The highest BCUT2D eigenvalue weighted by Gasteiger charge is 2.34. The highest BCUT2D eigenvalue weighted by atomic mass is 17.3. The molecule has 0 unspecified atom stereocenters. The molecule has 0 saturated carbocycles. The van der Waals surface area contributed by atoms with Gasteiger partial charge in [-0.15, -0.1) is 13.2 Å². The molecule has 5 heteroatoms. The van der Waals surface area contributed by atoms with Gasteiger partial charge in [0, 0.05) is 7.11 Å². The molecule has 0 aromatic rings. The third kappa shape index (κ3) is 7.44. The van der Waals surface area contributed by atoms with Crippen molar-refractivity contribution in [2.45, 2.75) is 51.6 Å². The molecule has 0 rings (SSSR count). The summed E-state index contributed by atoms with van der Waals surface area (Å²) in [6.07, 6.45) is 3.24. The minimum Gasteiger partial charge on any atom is -0.379 e. The van der Waals surface area contributed by atoms with Gasteiger partial charge in [-0.1, -0.05) is 12.2 Å². The highest BCUT2D eigenvalue weighted by molar-refractivity contribution is 4.89. The predicted molar refractivity (Wildman–Crippen MR) is 73.2 cm³/mol. The Bertz CT molecular complexity index is 272. The molecule has 0 heterocycles. The van der Waals surface area contributed by atoms with Crippen LogP contribution in [0.4, 0.5) is 0 Å².